The van der Waals surface area contributed by atoms with Crippen LogP contribution in [0.1, 0.15) is 47.5 Å². The molecule has 3 rings (SSSR count). The fourth-order valence-electron chi connectivity index (χ4n) is 3.14. The van der Waals surface area contributed by atoms with Crippen molar-refractivity contribution in [3.05, 3.63) is 51.5 Å². The van der Waals surface area contributed by atoms with Crippen LogP contribution in [-0.2, 0) is 12.0 Å². The minimum atomic E-state index is -0.246. The summed E-state index contributed by atoms with van der Waals surface area (Å²) in [5, 5.41) is 3.26. The number of benzene rings is 1. The van der Waals surface area contributed by atoms with Gasteiger partial charge in [-0.1, -0.05) is 31.2 Å². The lowest BCUT2D eigenvalue weighted by molar-refractivity contribution is 0.346. The fraction of sp³-hybridized carbons (Fsp3) is 0.438. The Balaban J connectivity index is 1.98. The number of rotatable bonds is 2. The van der Waals surface area contributed by atoms with Crippen molar-refractivity contribution >= 4 is 11.3 Å². The first kappa shape index (κ1) is 12.8. The SMILES string of the molecule is Cc1nc(CC2(N)CCC(C)c3ccccc32)cs1. The molecule has 2 nitrogen and oxygen atoms in total. The van der Waals surface area contributed by atoms with Crippen LogP contribution in [0.25, 0.3) is 0 Å². The molecular weight excluding hydrogens is 252 g/mol. The molecule has 1 aromatic heterocycles. The number of hydrogen-bond acceptors (Lipinski definition) is 3. The lowest BCUT2D eigenvalue weighted by atomic mass is 9.71. The summed E-state index contributed by atoms with van der Waals surface area (Å²) >= 11 is 1.71. The molecule has 3 heteroatoms. The van der Waals surface area contributed by atoms with Gasteiger partial charge in [0.05, 0.1) is 10.7 Å². The maximum atomic E-state index is 6.74. The van der Waals surface area contributed by atoms with Crippen LogP contribution in [0.3, 0.4) is 0 Å². The van der Waals surface area contributed by atoms with Crippen LogP contribution in [0, 0.1) is 6.92 Å². The summed E-state index contributed by atoms with van der Waals surface area (Å²) in [7, 11) is 0. The second kappa shape index (κ2) is 4.73. The highest BCUT2D eigenvalue weighted by molar-refractivity contribution is 7.09. The van der Waals surface area contributed by atoms with Gasteiger partial charge in [-0.2, -0.15) is 0 Å². The average Bonchev–Trinajstić information content (AvgIpc) is 2.80. The van der Waals surface area contributed by atoms with E-state index >= 15 is 0 Å². The van der Waals surface area contributed by atoms with Gasteiger partial charge in [-0.25, -0.2) is 4.98 Å². The van der Waals surface area contributed by atoms with E-state index in [4.69, 9.17) is 5.73 Å². The van der Waals surface area contributed by atoms with Crippen molar-refractivity contribution in [3.8, 4) is 0 Å². The maximum Gasteiger partial charge on any atom is 0.0897 e. The van der Waals surface area contributed by atoms with Crippen LogP contribution in [0.5, 0.6) is 0 Å². The van der Waals surface area contributed by atoms with Crippen LogP contribution in [0.4, 0.5) is 0 Å². The topological polar surface area (TPSA) is 38.9 Å². The molecule has 1 heterocycles. The highest BCUT2D eigenvalue weighted by Gasteiger charge is 2.35. The first-order valence-corrected chi connectivity index (χ1v) is 7.76. The molecule has 0 amide bonds. The van der Waals surface area contributed by atoms with Crippen LogP contribution in [-0.4, -0.2) is 4.98 Å². The Kier molecular flexibility index (Phi) is 3.19. The van der Waals surface area contributed by atoms with Crippen LogP contribution in [0.15, 0.2) is 29.6 Å². The number of nitrogens with zero attached hydrogens (tertiary/aromatic N) is 1. The molecule has 19 heavy (non-hydrogen) atoms. The highest BCUT2D eigenvalue weighted by Crippen LogP contribution is 2.41. The number of hydrogen-bond donors (Lipinski definition) is 1. The van der Waals surface area contributed by atoms with Gasteiger partial charge in [-0.3, -0.25) is 0 Å². The van der Waals surface area contributed by atoms with E-state index in [9.17, 15) is 0 Å². The summed E-state index contributed by atoms with van der Waals surface area (Å²) in [4.78, 5) is 4.58. The van der Waals surface area contributed by atoms with Gasteiger partial charge in [0, 0.05) is 17.3 Å². The van der Waals surface area contributed by atoms with E-state index in [0.717, 1.165) is 30.0 Å². The van der Waals surface area contributed by atoms with Crippen LogP contribution >= 0.6 is 11.3 Å². The van der Waals surface area contributed by atoms with Gasteiger partial charge in [0.2, 0.25) is 0 Å². The zero-order chi connectivity index (χ0) is 13.5. The van der Waals surface area contributed by atoms with Crippen molar-refractivity contribution in [1.82, 2.24) is 4.98 Å². The average molecular weight is 272 g/mol. The van der Waals surface area contributed by atoms with E-state index in [1.807, 2.05) is 6.92 Å². The molecule has 0 saturated heterocycles. The first-order valence-electron chi connectivity index (χ1n) is 6.88. The zero-order valence-corrected chi connectivity index (χ0v) is 12.3. The van der Waals surface area contributed by atoms with E-state index < -0.39 is 0 Å². The number of aromatic nitrogens is 1. The fourth-order valence-corrected chi connectivity index (χ4v) is 3.75. The van der Waals surface area contributed by atoms with E-state index in [2.05, 4.69) is 41.6 Å². The number of fused-ring (bicyclic) bond motifs is 1. The summed E-state index contributed by atoms with van der Waals surface area (Å²) in [6.07, 6.45) is 3.06. The Morgan fingerprint density at radius 3 is 2.95 bits per heavy atom. The van der Waals surface area contributed by atoms with Crippen LogP contribution < -0.4 is 5.73 Å². The summed E-state index contributed by atoms with van der Waals surface area (Å²) < 4.78 is 0. The van der Waals surface area contributed by atoms with Gasteiger partial charge in [0.15, 0.2) is 0 Å². The summed E-state index contributed by atoms with van der Waals surface area (Å²) in [5.74, 6) is 0.616. The van der Waals surface area contributed by atoms with Gasteiger partial charge >= 0.3 is 0 Å². The van der Waals surface area contributed by atoms with Crippen molar-refractivity contribution < 1.29 is 0 Å². The van der Waals surface area contributed by atoms with Gasteiger partial charge in [-0.05, 0) is 36.8 Å². The summed E-state index contributed by atoms with van der Waals surface area (Å²) in [6, 6.07) is 8.65. The largest absolute Gasteiger partial charge is 0.321 e. The van der Waals surface area contributed by atoms with Crippen molar-refractivity contribution in [2.75, 3.05) is 0 Å². The molecule has 0 saturated carbocycles. The van der Waals surface area contributed by atoms with E-state index in [1.54, 1.807) is 11.3 Å². The van der Waals surface area contributed by atoms with E-state index in [0.29, 0.717) is 5.92 Å². The molecule has 0 radical (unpaired) electrons. The van der Waals surface area contributed by atoms with Crippen molar-refractivity contribution in [1.29, 1.82) is 0 Å². The van der Waals surface area contributed by atoms with Crippen molar-refractivity contribution in [2.45, 2.75) is 44.6 Å². The van der Waals surface area contributed by atoms with Crippen molar-refractivity contribution in [2.24, 2.45) is 5.73 Å². The molecule has 0 bridgehead atoms. The van der Waals surface area contributed by atoms with Crippen LogP contribution in [0.2, 0.25) is 0 Å². The molecule has 0 fully saturated rings. The quantitative estimate of drug-likeness (QED) is 0.904. The number of aryl methyl sites for hydroxylation is 1. The molecule has 2 aromatic rings. The number of thiazole rings is 1. The molecular formula is C16H20N2S. The van der Waals surface area contributed by atoms with Gasteiger partial charge in [-0.15, -0.1) is 11.3 Å². The molecule has 0 aliphatic heterocycles. The third-order valence-electron chi connectivity index (χ3n) is 4.21. The Morgan fingerprint density at radius 1 is 1.42 bits per heavy atom. The van der Waals surface area contributed by atoms with E-state index in [1.165, 1.54) is 11.1 Å². The van der Waals surface area contributed by atoms with Gasteiger partial charge < -0.3 is 5.73 Å². The first-order chi connectivity index (χ1) is 9.08. The molecule has 1 aliphatic carbocycles. The summed E-state index contributed by atoms with van der Waals surface area (Å²) in [5.41, 5.74) is 10.4. The predicted molar refractivity (Wildman–Crippen MR) is 80.5 cm³/mol. The lowest BCUT2D eigenvalue weighted by Gasteiger charge is -2.38. The second-order valence-electron chi connectivity index (χ2n) is 5.72. The summed E-state index contributed by atoms with van der Waals surface area (Å²) in [6.45, 7) is 4.35. The predicted octanol–water partition coefficient (Wildman–Crippen LogP) is 3.75. The molecule has 0 spiro atoms. The maximum absolute atomic E-state index is 6.74. The molecule has 2 unspecified atom stereocenters. The zero-order valence-electron chi connectivity index (χ0n) is 11.5. The normalized spacial score (nSPS) is 26.2. The standard InChI is InChI=1S/C16H20N2S/c1-11-7-8-16(17,9-13-10-19-12(2)18-13)15-6-4-3-5-14(11)15/h3-6,10-11H,7-9,17H2,1-2H3. The Bertz CT molecular complexity index is 590. The minimum Gasteiger partial charge on any atom is -0.321 e. The Labute approximate surface area is 118 Å². The number of nitrogens with two attached hydrogens (primary N) is 1. The van der Waals surface area contributed by atoms with Gasteiger partial charge in [0.1, 0.15) is 0 Å². The smallest absolute Gasteiger partial charge is 0.0897 e. The molecule has 2 atom stereocenters. The molecule has 1 aromatic carbocycles. The second-order valence-corrected chi connectivity index (χ2v) is 6.78. The molecule has 2 N–H and O–H groups in total. The molecule has 100 valence electrons. The Morgan fingerprint density at radius 2 is 2.21 bits per heavy atom. The van der Waals surface area contributed by atoms with Crippen molar-refractivity contribution in [3.63, 3.8) is 0 Å². The Hall–Kier alpha value is -1.19. The third-order valence-corrected chi connectivity index (χ3v) is 5.04. The molecule has 1 aliphatic rings. The lowest BCUT2D eigenvalue weighted by Crippen LogP contribution is -2.42. The minimum absolute atomic E-state index is 0.246. The monoisotopic (exact) mass is 272 g/mol. The highest BCUT2D eigenvalue weighted by atomic mass is 32.1. The third kappa shape index (κ3) is 2.33. The van der Waals surface area contributed by atoms with Gasteiger partial charge in [0.25, 0.3) is 0 Å². The van der Waals surface area contributed by atoms with E-state index in [-0.39, 0.29) is 5.54 Å².